The summed E-state index contributed by atoms with van der Waals surface area (Å²) < 4.78 is 33.8. The Morgan fingerprint density at radius 1 is 0.917 bits per heavy atom. The molecule has 5 rings (SSSR count). The number of aromatic nitrogens is 4. The van der Waals surface area contributed by atoms with Crippen LogP contribution in [0.2, 0.25) is 69.5 Å². The molecule has 2 bridgehead atoms. The number of carbonyl (C=O) groups is 1. The zero-order valence-corrected chi connectivity index (χ0v) is 43.4. The SMILES string of the molecule is C=C(OCC)c1c(C2C[C@H]3CC[C@@H](C2)N3C(=O)OC(C)(C)C)nc2c(-c3cnc(CO[Si](C)(C)C(C)(C)C)s3)cnn2c1N(COCC[Si](C)(C)C)COCC[Si](C)(C)C. The fraction of sp³-hybridized carbons (Fsp3) is 0.727. The summed E-state index contributed by atoms with van der Waals surface area (Å²) in [5.74, 6) is 1.35. The van der Waals surface area contributed by atoms with Crippen molar-refractivity contribution in [1.29, 1.82) is 0 Å². The average Bonchev–Trinajstić information content (AvgIpc) is 3.83. The lowest BCUT2D eigenvalue weighted by Crippen LogP contribution is -2.48. The summed E-state index contributed by atoms with van der Waals surface area (Å²) in [5.41, 5.74) is 2.77. The monoisotopic (exact) mass is 900 g/mol. The molecule has 5 heterocycles. The zero-order chi connectivity index (χ0) is 44.4. The van der Waals surface area contributed by atoms with Gasteiger partial charge >= 0.3 is 6.09 Å². The van der Waals surface area contributed by atoms with Crippen LogP contribution < -0.4 is 4.90 Å². The molecule has 0 aromatic carbocycles. The van der Waals surface area contributed by atoms with Crippen LogP contribution in [0.1, 0.15) is 96.3 Å². The first-order valence-electron chi connectivity index (χ1n) is 22.0. The van der Waals surface area contributed by atoms with Crippen molar-refractivity contribution < 1.29 is 28.2 Å². The molecule has 1 unspecified atom stereocenters. The summed E-state index contributed by atoms with van der Waals surface area (Å²) in [6.07, 6.45) is 6.96. The van der Waals surface area contributed by atoms with E-state index in [1.807, 2.05) is 49.5 Å². The smallest absolute Gasteiger partial charge is 0.410 e. The number of piperidine rings is 1. The average molecular weight is 901 g/mol. The first kappa shape index (κ1) is 48.4. The van der Waals surface area contributed by atoms with Gasteiger partial charge in [-0.3, -0.25) is 0 Å². The van der Waals surface area contributed by atoms with E-state index in [1.165, 1.54) is 0 Å². The highest BCUT2D eigenvalue weighted by Crippen LogP contribution is 2.47. The van der Waals surface area contributed by atoms with Gasteiger partial charge in [0.2, 0.25) is 0 Å². The normalized spacial score (nSPS) is 19.0. The summed E-state index contributed by atoms with van der Waals surface area (Å²) in [6.45, 7) is 40.7. The van der Waals surface area contributed by atoms with Gasteiger partial charge in [-0.2, -0.15) is 9.61 Å². The summed E-state index contributed by atoms with van der Waals surface area (Å²) >= 11 is 1.63. The zero-order valence-electron chi connectivity index (χ0n) is 39.6. The first-order chi connectivity index (χ1) is 27.8. The number of nitrogens with zero attached hydrogens (tertiary/aromatic N) is 6. The molecule has 3 aromatic heterocycles. The molecule has 60 heavy (non-hydrogen) atoms. The van der Waals surface area contributed by atoms with Crippen LogP contribution in [-0.2, 0) is 30.0 Å². The van der Waals surface area contributed by atoms with E-state index >= 15 is 0 Å². The maximum Gasteiger partial charge on any atom is 0.410 e. The number of rotatable bonds is 19. The number of carbonyl (C=O) groups excluding carboxylic acids is 1. The highest BCUT2D eigenvalue weighted by atomic mass is 32.1. The van der Waals surface area contributed by atoms with Gasteiger partial charge < -0.3 is 33.2 Å². The molecule has 0 saturated carbocycles. The Morgan fingerprint density at radius 3 is 2.02 bits per heavy atom. The summed E-state index contributed by atoms with van der Waals surface area (Å²) in [7, 11) is -4.68. The van der Waals surface area contributed by atoms with Crippen LogP contribution in [0, 0.1) is 0 Å². The molecule has 3 aromatic rings. The number of fused-ring (bicyclic) bond motifs is 3. The number of anilines is 1. The third-order valence-electron chi connectivity index (χ3n) is 11.9. The van der Waals surface area contributed by atoms with E-state index in [9.17, 15) is 4.79 Å². The van der Waals surface area contributed by atoms with Crippen LogP contribution in [0.15, 0.2) is 19.0 Å². The molecule has 2 aliphatic heterocycles. The lowest BCUT2D eigenvalue weighted by Gasteiger charge is -2.40. The van der Waals surface area contributed by atoms with Crippen LogP contribution in [0.4, 0.5) is 10.6 Å². The molecule has 0 aliphatic carbocycles. The Bertz CT molecular complexity index is 1910. The quantitative estimate of drug-likeness (QED) is 0.0499. The highest BCUT2D eigenvalue weighted by molar-refractivity contribution is 7.15. The molecular formula is C44H76N6O6SSi3. The topological polar surface area (TPSA) is 113 Å². The molecular weight excluding hydrogens is 825 g/mol. The van der Waals surface area contributed by atoms with Crippen molar-refractivity contribution in [2.75, 3.05) is 38.2 Å². The number of thiazole rings is 1. The lowest BCUT2D eigenvalue weighted by molar-refractivity contribution is 0.00566. The van der Waals surface area contributed by atoms with Gasteiger partial charge in [0.25, 0.3) is 0 Å². The molecule has 2 fully saturated rings. The van der Waals surface area contributed by atoms with E-state index in [1.54, 1.807) is 11.3 Å². The number of amides is 1. The summed E-state index contributed by atoms with van der Waals surface area (Å²) in [5, 5.41) is 6.11. The Labute approximate surface area is 367 Å². The number of hydrogen-bond acceptors (Lipinski definition) is 11. The van der Waals surface area contributed by atoms with Gasteiger partial charge in [0, 0.05) is 53.6 Å². The van der Waals surface area contributed by atoms with E-state index in [4.69, 9.17) is 38.4 Å². The van der Waals surface area contributed by atoms with Crippen molar-refractivity contribution in [2.45, 2.75) is 174 Å². The van der Waals surface area contributed by atoms with Crippen molar-refractivity contribution in [3.8, 4) is 10.4 Å². The molecule has 0 radical (unpaired) electrons. The fourth-order valence-electron chi connectivity index (χ4n) is 7.51. The van der Waals surface area contributed by atoms with Gasteiger partial charge in [-0.15, -0.1) is 11.3 Å². The van der Waals surface area contributed by atoms with Crippen molar-refractivity contribution in [2.24, 2.45) is 0 Å². The summed E-state index contributed by atoms with van der Waals surface area (Å²) in [6, 6.07) is 2.17. The molecule has 0 N–H and O–H groups in total. The Morgan fingerprint density at radius 2 is 1.50 bits per heavy atom. The molecule has 16 heteroatoms. The standard InChI is InChI=1S/C44H76N6O6SSi3/c1-17-54-31(2)38-39(32-24-33-18-19-34(25-32)49(33)42(51)56-43(3,4)5)47-40-35(36-27-45-37(57-36)28-55-60(15,16)44(6,7)8)26-46-50(40)41(38)48(29-52-20-22-58(9,10)11)30-53-21-23-59(12,13)14/h26-27,32-34H,2,17-25,28-30H2,1,3-16H3/t32?,33-,34+. The van der Waals surface area contributed by atoms with Gasteiger partial charge in [0.1, 0.15) is 35.6 Å². The summed E-state index contributed by atoms with van der Waals surface area (Å²) in [4.78, 5) is 29.1. The van der Waals surface area contributed by atoms with E-state index in [2.05, 4.69) is 84.6 Å². The first-order valence-corrected chi connectivity index (χ1v) is 33.2. The van der Waals surface area contributed by atoms with Crippen LogP contribution in [0.3, 0.4) is 0 Å². The molecule has 12 nitrogen and oxygen atoms in total. The predicted octanol–water partition coefficient (Wildman–Crippen LogP) is 11.5. The molecule has 2 saturated heterocycles. The van der Waals surface area contributed by atoms with Gasteiger partial charge in [0.15, 0.2) is 14.0 Å². The second-order valence-corrected chi connectivity index (χ2v) is 38.9. The highest BCUT2D eigenvalue weighted by Gasteiger charge is 2.47. The molecule has 2 aliphatic rings. The minimum Gasteiger partial charge on any atom is -0.494 e. The Balaban J connectivity index is 1.65. The van der Waals surface area contributed by atoms with E-state index < -0.39 is 30.1 Å². The van der Waals surface area contributed by atoms with E-state index in [-0.39, 0.29) is 29.1 Å². The minimum absolute atomic E-state index is 0.0253. The van der Waals surface area contributed by atoms with Crippen molar-refractivity contribution in [3.05, 3.63) is 35.2 Å². The van der Waals surface area contributed by atoms with Crippen molar-refractivity contribution in [1.82, 2.24) is 24.5 Å². The number of hydrogen-bond donors (Lipinski definition) is 0. The lowest BCUT2D eigenvalue weighted by atomic mass is 9.85. The van der Waals surface area contributed by atoms with Crippen molar-refractivity contribution in [3.63, 3.8) is 0 Å². The number of ether oxygens (including phenoxy) is 4. The van der Waals surface area contributed by atoms with Gasteiger partial charge in [-0.25, -0.2) is 14.8 Å². The van der Waals surface area contributed by atoms with Crippen LogP contribution >= 0.6 is 11.3 Å². The maximum atomic E-state index is 13.6. The minimum atomic E-state index is -1.98. The maximum absolute atomic E-state index is 13.6. The van der Waals surface area contributed by atoms with Gasteiger partial charge in [-0.05, 0) is 83.6 Å². The molecule has 0 spiro atoms. The third kappa shape index (κ3) is 12.3. The van der Waals surface area contributed by atoms with Crippen LogP contribution in [0.5, 0.6) is 0 Å². The van der Waals surface area contributed by atoms with E-state index in [0.717, 1.165) is 75.9 Å². The Kier molecular flexibility index (Phi) is 15.3. The Hall–Kier alpha value is -2.61. The van der Waals surface area contributed by atoms with Crippen molar-refractivity contribution >= 4 is 59.1 Å². The fourth-order valence-corrected chi connectivity index (χ4v) is 10.9. The van der Waals surface area contributed by atoms with E-state index in [0.29, 0.717) is 45.6 Å². The molecule has 3 atom stereocenters. The molecule has 1 amide bonds. The van der Waals surface area contributed by atoms with Gasteiger partial charge in [-0.1, -0.05) is 66.6 Å². The van der Waals surface area contributed by atoms with Gasteiger partial charge in [0.05, 0.1) is 41.1 Å². The molecule has 336 valence electrons. The van der Waals surface area contributed by atoms with Crippen LogP contribution in [0.25, 0.3) is 21.8 Å². The second-order valence-electron chi connectivity index (χ2n) is 21.7. The second kappa shape index (κ2) is 19.0. The predicted molar refractivity (Wildman–Crippen MR) is 254 cm³/mol. The third-order valence-corrected chi connectivity index (χ3v) is 20.8. The largest absolute Gasteiger partial charge is 0.494 e. The van der Waals surface area contributed by atoms with Crippen LogP contribution in [-0.4, -0.2) is 106 Å².